The highest BCUT2D eigenvalue weighted by molar-refractivity contribution is 7.89. The Labute approximate surface area is 123 Å². The normalized spacial score (nSPS) is 11.3. The molecular weight excluding hydrogens is 298 g/mol. The van der Waals surface area contributed by atoms with E-state index in [1.54, 1.807) is 7.05 Å². The highest BCUT2D eigenvalue weighted by Crippen LogP contribution is 2.26. The lowest BCUT2D eigenvalue weighted by Crippen LogP contribution is -2.26. The fourth-order valence-corrected chi connectivity index (χ4v) is 2.87. The number of nitrogens with zero attached hydrogens (tertiary/aromatic N) is 1. The van der Waals surface area contributed by atoms with Crippen molar-refractivity contribution >= 4 is 21.4 Å². The number of anilines is 1. The largest absolute Gasteiger partial charge is 0.388 e. The minimum absolute atomic E-state index is 0.160. The summed E-state index contributed by atoms with van der Waals surface area (Å²) >= 11 is 0. The summed E-state index contributed by atoms with van der Waals surface area (Å²) in [5.41, 5.74) is 0.0103. The molecule has 0 bridgehead atoms. The molecule has 0 spiro atoms. The minimum atomic E-state index is -3.92. The molecule has 0 aliphatic heterocycles. The first-order valence-corrected chi connectivity index (χ1v) is 7.94. The van der Waals surface area contributed by atoms with E-state index < -0.39 is 20.6 Å². The molecule has 0 saturated heterocycles. The first-order valence-electron chi connectivity index (χ1n) is 6.46. The van der Waals surface area contributed by atoms with E-state index in [1.807, 2.05) is 6.92 Å². The predicted octanol–water partition coefficient (Wildman–Crippen LogP) is 1.34. The summed E-state index contributed by atoms with van der Waals surface area (Å²) in [6.45, 7) is 2.99. The molecule has 0 unspecified atom stereocenters. The molecule has 1 aromatic rings. The lowest BCUT2D eigenvalue weighted by molar-refractivity contribution is -0.387. The lowest BCUT2D eigenvalue weighted by atomic mass is 10.3. The van der Waals surface area contributed by atoms with Gasteiger partial charge in [0.1, 0.15) is 0 Å². The van der Waals surface area contributed by atoms with Gasteiger partial charge in [-0.15, -0.1) is 0 Å². The van der Waals surface area contributed by atoms with Crippen molar-refractivity contribution in [3.8, 4) is 0 Å². The van der Waals surface area contributed by atoms with E-state index in [0.717, 1.165) is 0 Å². The molecule has 0 amide bonds. The van der Waals surface area contributed by atoms with Gasteiger partial charge in [-0.1, -0.05) is 0 Å². The Morgan fingerprint density at radius 1 is 1.38 bits per heavy atom. The van der Waals surface area contributed by atoms with Crippen LogP contribution >= 0.6 is 0 Å². The van der Waals surface area contributed by atoms with E-state index >= 15 is 0 Å². The van der Waals surface area contributed by atoms with Crippen molar-refractivity contribution in [1.29, 1.82) is 0 Å². The van der Waals surface area contributed by atoms with Gasteiger partial charge in [0.15, 0.2) is 4.90 Å². The van der Waals surface area contributed by atoms with E-state index in [-0.39, 0.29) is 11.4 Å². The number of nitro benzene ring substituents is 1. The van der Waals surface area contributed by atoms with Gasteiger partial charge in [0, 0.05) is 38.6 Å². The molecule has 0 aliphatic rings. The van der Waals surface area contributed by atoms with E-state index in [9.17, 15) is 18.5 Å². The molecule has 118 valence electrons. The van der Waals surface area contributed by atoms with Crippen LogP contribution in [0.15, 0.2) is 23.1 Å². The Balaban J connectivity index is 2.89. The first kappa shape index (κ1) is 17.3. The second kappa shape index (κ2) is 7.91. The van der Waals surface area contributed by atoms with Crippen LogP contribution in [-0.2, 0) is 14.8 Å². The van der Waals surface area contributed by atoms with Crippen molar-refractivity contribution in [2.24, 2.45) is 0 Å². The molecule has 9 heteroatoms. The van der Waals surface area contributed by atoms with Crippen LogP contribution in [0.2, 0.25) is 0 Å². The molecule has 0 saturated carbocycles. The predicted molar refractivity (Wildman–Crippen MR) is 78.9 cm³/mol. The Bertz CT molecular complexity index is 589. The number of hydrogen-bond donors (Lipinski definition) is 2. The van der Waals surface area contributed by atoms with Gasteiger partial charge >= 0.3 is 0 Å². The van der Waals surface area contributed by atoms with Crippen LogP contribution in [0.5, 0.6) is 0 Å². The fourth-order valence-electron chi connectivity index (χ4n) is 1.65. The van der Waals surface area contributed by atoms with Crippen molar-refractivity contribution in [1.82, 2.24) is 4.72 Å². The van der Waals surface area contributed by atoms with Crippen molar-refractivity contribution in [2.45, 2.75) is 18.2 Å². The lowest BCUT2D eigenvalue weighted by Gasteiger charge is -2.08. The number of nitro groups is 1. The van der Waals surface area contributed by atoms with Crippen LogP contribution in [-0.4, -0.2) is 40.1 Å². The Morgan fingerprint density at radius 2 is 2.10 bits per heavy atom. The second-order valence-corrected chi connectivity index (χ2v) is 5.87. The molecule has 0 aliphatic carbocycles. The molecule has 1 aromatic carbocycles. The first-order chi connectivity index (χ1) is 9.92. The molecule has 0 heterocycles. The number of ether oxygens (including phenoxy) is 1. The summed E-state index contributed by atoms with van der Waals surface area (Å²) in [6, 6.07) is 3.88. The molecular formula is C12H19N3O5S. The van der Waals surface area contributed by atoms with Gasteiger partial charge in [-0.2, -0.15) is 0 Å². The maximum Gasteiger partial charge on any atom is 0.291 e. The van der Waals surface area contributed by atoms with Crippen molar-refractivity contribution in [3.63, 3.8) is 0 Å². The number of rotatable bonds is 9. The van der Waals surface area contributed by atoms with Gasteiger partial charge in [-0.05, 0) is 25.5 Å². The highest BCUT2D eigenvalue weighted by atomic mass is 32.2. The summed E-state index contributed by atoms with van der Waals surface area (Å²) in [5, 5.41) is 13.7. The van der Waals surface area contributed by atoms with E-state index in [2.05, 4.69) is 10.0 Å². The minimum Gasteiger partial charge on any atom is -0.388 e. The Hall–Kier alpha value is -1.71. The van der Waals surface area contributed by atoms with Gasteiger partial charge < -0.3 is 10.1 Å². The second-order valence-electron chi connectivity index (χ2n) is 4.14. The molecule has 0 radical (unpaired) electrons. The third-order valence-electron chi connectivity index (χ3n) is 2.70. The third-order valence-corrected chi connectivity index (χ3v) is 4.20. The van der Waals surface area contributed by atoms with Crippen LogP contribution in [0, 0.1) is 10.1 Å². The maximum absolute atomic E-state index is 12.1. The topological polar surface area (TPSA) is 111 Å². The zero-order valence-electron chi connectivity index (χ0n) is 12.0. The van der Waals surface area contributed by atoms with E-state index in [0.29, 0.717) is 25.3 Å². The number of sulfonamides is 1. The smallest absolute Gasteiger partial charge is 0.291 e. The SMILES string of the molecule is CCOCCCNS(=O)(=O)c1ccc(NC)cc1[N+](=O)[O-]. The molecule has 0 fully saturated rings. The zero-order chi connectivity index (χ0) is 15.9. The summed E-state index contributed by atoms with van der Waals surface area (Å²) in [4.78, 5) is 9.96. The maximum atomic E-state index is 12.1. The van der Waals surface area contributed by atoms with Gasteiger partial charge in [-0.25, -0.2) is 13.1 Å². The molecule has 2 N–H and O–H groups in total. The van der Waals surface area contributed by atoms with Crippen molar-refractivity contribution in [2.75, 3.05) is 32.1 Å². The molecule has 1 rings (SSSR count). The number of benzene rings is 1. The van der Waals surface area contributed by atoms with Crippen LogP contribution in [0.25, 0.3) is 0 Å². The van der Waals surface area contributed by atoms with Gasteiger partial charge in [0.25, 0.3) is 5.69 Å². The van der Waals surface area contributed by atoms with Gasteiger partial charge in [0.2, 0.25) is 10.0 Å². The number of nitrogens with one attached hydrogen (secondary N) is 2. The molecule has 0 atom stereocenters. The standard InChI is InChI=1S/C12H19N3O5S/c1-3-20-8-4-7-14-21(18,19)12-6-5-10(13-2)9-11(12)15(16)17/h5-6,9,13-14H,3-4,7-8H2,1-2H3. The van der Waals surface area contributed by atoms with Crippen LogP contribution in [0.1, 0.15) is 13.3 Å². The summed E-state index contributed by atoms with van der Waals surface area (Å²) < 4.78 is 31.7. The van der Waals surface area contributed by atoms with E-state index in [4.69, 9.17) is 4.74 Å². The van der Waals surface area contributed by atoms with Crippen LogP contribution in [0.3, 0.4) is 0 Å². The highest BCUT2D eigenvalue weighted by Gasteiger charge is 2.25. The quantitative estimate of drug-likeness (QED) is 0.404. The number of hydrogen-bond acceptors (Lipinski definition) is 6. The van der Waals surface area contributed by atoms with E-state index in [1.165, 1.54) is 18.2 Å². The zero-order valence-corrected chi connectivity index (χ0v) is 12.8. The van der Waals surface area contributed by atoms with Crippen molar-refractivity contribution < 1.29 is 18.1 Å². The van der Waals surface area contributed by atoms with Crippen LogP contribution in [0.4, 0.5) is 11.4 Å². The van der Waals surface area contributed by atoms with Gasteiger partial charge in [0.05, 0.1) is 4.92 Å². The molecule has 21 heavy (non-hydrogen) atoms. The Kier molecular flexibility index (Phi) is 6.53. The average molecular weight is 317 g/mol. The third kappa shape index (κ3) is 4.96. The average Bonchev–Trinajstić information content (AvgIpc) is 2.46. The summed E-state index contributed by atoms with van der Waals surface area (Å²) in [5.74, 6) is 0. The van der Waals surface area contributed by atoms with Crippen LogP contribution < -0.4 is 10.0 Å². The monoisotopic (exact) mass is 317 g/mol. The molecule has 8 nitrogen and oxygen atoms in total. The van der Waals surface area contributed by atoms with Crippen molar-refractivity contribution in [3.05, 3.63) is 28.3 Å². The fraction of sp³-hybridized carbons (Fsp3) is 0.500. The summed E-state index contributed by atoms with van der Waals surface area (Å²) in [7, 11) is -2.33. The Morgan fingerprint density at radius 3 is 2.67 bits per heavy atom. The molecule has 0 aromatic heterocycles. The van der Waals surface area contributed by atoms with Gasteiger partial charge in [-0.3, -0.25) is 10.1 Å². The summed E-state index contributed by atoms with van der Waals surface area (Å²) in [6.07, 6.45) is 0.496.